The summed E-state index contributed by atoms with van der Waals surface area (Å²) in [6.45, 7) is 5.55. The van der Waals surface area contributed by atoms with Crippen LogP contribution in [-0.4, -0.2) is 11.5 Å². The Hall–Kier alpha value is -1.35. The Labute approximate surface area is 131 Å². The minimum Gasteiger partial charge on any atom is -0.385 e. The molecular weight excluding hydrogens is 276 g/mol. The average Bonchev–Trinajstić information content (AvgIpc) is 2.92. The van der Waals surface area contributed by atoms with Crippen LogP contribution in [-0.2, 0) is 0 Å². The molecule has 1 aromatic carbocycles. The van der Waals surface area contributed by atoms with Gasteiger partial charge in [0.25, 0.3) is 0 Å². The number of thiazole rings is 1. The average molecular weight is 300 g/mol. The number of anilines is 1. The molecule has 2 nitrogen and oxygen atoms in total. The zero-order valence-electron chi connectivity index (χ0n) is 12.9. The third kappa shape index (κ3) is 3.85. The molecule has 1 heterocycles. The fourth-order valence-corrected chi connectivity index (χ4v) is 3.88. The van der Waals surface area contributed by atoms with Crippen molar-refractivity contribution in [2.45, 2.75) is 39.5 Å². The number of rotatable bonds is 4. The van der Waals surface area contributed by atoms with Crippen LogP contribution in [0.4, 0.5) is 5.69 Å². The smallest absolute Gasteiger partial charge is 0.0901 e. The first kappa shape index (κ1) is 14.6. The van der Waals surface area contributed by atoms with E-state index in [1.807, 2.05) is 0 Å². The van der Waals surface area contributed by atoms with Gasteiger partial charge in [-0.1, -0.05) is 31.9 Å². The first-order chi connectivity index (χ1) is 10.2. The number of hydrogen-bond donors (Lipinski definition) is 1. The zero-order valence-corrected chi connectivity index (χ0v) is 13.7. The van der Waals surface area contributed by atoms with Gasteiger partial charge in [-0.15, -0.1) is 11.3 Å². The molecule has 0 aliphatic heterocycles. The SMILES string of the molecule is Cc1nc(-c2ccc(NCC3CCCC(C)C3)cc2)cs1. The Balaban J connectivity index is 1.57. The lowest BCUT2D eigenvalue weighted by molar-refractivity contribution is 0.293. The highest BCUT2D eigenvalue weighted by Crippen LogP contribution is 2.29. The molecule has 1 aliphatic carbocycles. The zero-order chi connectivity index (χ0) is 14.7. The van der Waals surface area contributed by atoms with Crippen LogP contribution in [0.3, 0.4) is 0 Å². The van der Waals surface area contributed by atoms with Gasteiger partial charge in [-0.05, 0) is 43.7 Å². The van der Waals surface area contributed by atoms with Gasteiger partial charge in [0.05, 0.1) is 10.7 Å². The van der Waals surface area contributed by atoms with E-state index in [0.29, 0.717) is 0 Å². The van der Waals surface area contributed by atoms with Gasteiger partial charge < -0.3 is 5.32 Å². The Morgan fingerprint density at radius 1 is 1.24 bits per heavy atom. The third-order valence-electron chi connectivity index (χ3n) is 4.44. The molecule has 112 valence electrons. The third-order valence-corrected chi connectivity index (χ3v) is 5.21. The largest absolute Gasteiger partial charge is 0.385 e. The van der Waals surface area contributed by atoms with Crippen molar-refractivity contribution >= 4 is 17.0 Å². The highest BCUT2D eigenvalue weighted by atomic mass is 32.1. The van der Waals surface area contributed by atoms with Crippen LogP contribution >= 0.6 is 11.3 Å². The molecule has 2 aromatic rings. The van der Waals surface area contributed by atoms with E-state index < -0.39 is 0 Å². The molecular formula is C18H24N2S. The molecule has 1 N–H and O–H groups in total. The first-order valence-corrected chi connectivity index (χ1v) is 8.85. The van der Waals surface area contributed by atoms with Crippen LogP contribution in [0.2, 0.25) is 0 Å². The molecule has 3 rings (SSSR count). The lowest BCUT2D eigenvalue weighted by Crippen LogP contribution is -2.20. The van der Waals surface area contributed by atoms with E-state index in [2.05, 4.69) is 53.8 Å². The predicted molar refractivity (Wildman–Crippen MR) is 91.9 cm³/mol. The van der Waals surface area contributed by atoms with Gasteiger partial charge >= 0.3 is 0 Å². The summed E-state index contributed by atoms with van der Waals surface area (Å²) in [7, 11) is 0. The summed E-state index contributed by atoms with van der Waals surface area (Å²) in [5.41, 5.74) is 3.52. The molecule has 1 aromatic heterocycles. The molecule has 1 fully saturated rings. The van der Waals surface area contributed by atoms with Gasteiger partial charge in [-0.2, -0.15) is 0 Å². The highest BCUT2D eigenvalue weighted by Gasteiger charge is 2.18. The maximum Gasteiger partial charge on any atom is 0.0901 e. The molecule has 0 bridgehead atoms. The molecule has 1 aliphatic rings. The van der Waals surface area contributed by atoms with Crippen molar-refractivity contribution in [3.8, 4) is 11.3 Å². The minimum atomic E-state index is 0.842. The van der Waals surface area contributed by atoms with Crippen LogP contribution in [0.15, 0.2) is 29.6 Å². The van der Waals surface area contributed by atoms with E-state index in [9.17, 15) is 0 Å². The summed E-state index contributed by atoms with van der Waals surface area (Å²) >= 11 is 1.71. The van der Waals surface area contributed by atoms with Crippen molar-refractivity contribution in [2.24, 2.45) is 11.8 Å². The normalized spacial score (nSPS) is 22.2. The summed E-state index contributed by atoms with van der Waals surface area (Å²) in [5.74, 6) is 1.75. The van der Waals surface area contributed by atoms with Crippen LogP contribution < -0.4 is 5.32 Å². The van der Waals surface area contributed by atoms with Crippen LogP contribution in [0.25, 0.3) is 11.3 Å². The molecule has 0 amide bonds. The molecule has 0 spiro atoms. The van der Waals surface area contributed by atoms with Crippen molar-refractivity contribution < 1.29 is 0 Å². The summed E-state index contributed by atoms with van der Waals surface area (Å²) < 4.78 is 0. The predicted octanol–water partition coefficient (Wildman–Crippen LogP) is 5.36. The monoisotopic (exact) mass is 300 g/mol. The Bertz CT molecular complexity index is 573. The molecule has 2 unspecified atom stereocenters. The number of nitrogens with one attached hydrogen (secondary N) is 1. The second-order valence-corrected chi connectivity index (χ2v) is 7.41. The second-order valence-electron chi connectivity index (χ2n) is 6.35. The minimum absolute atomic E-state index is 0.842. The first-order valence-electron chi connectivity index (χ1n) is 7.97. The van der Waals surface area contributed by atoms with Gasteiger partial charge in [0.15, 0.2) is 0 Å². The summed E-state index contributed by atoms with van der Waals surface area (Å²) in [4.78, 5) is 4.54. The highest BCUT2D eigenvalue weighted by molar-refractivity contribution is 7.09. The van der Waals surface area contributed by atoms with E-state index in [1.54, 1.807) is 11.3 Å². The number of aryl methyl sites for hydroxylation is 1. The quantitative estimate of drug-likeness (QED) is 0.822. The fraction of sp³-hybridized carbons (Fsp3) is 0.500. The van der Waals surface area contributed by atoms with Gasteiger partial charge in [-0.3, -0.25) is 0 Å². The van der Waals surface area contributed by atoms with Gasteiger partial charge in [0, 0.05) is 23.2 Å². The molecule has 2 atom stereocenters. The lowest BCUT2D eigenvalue weighted by Gasteiger charge is -2.27. The molecule has 1 saturated carbocycles. The number of aromatic nitrogens is 1. The van der Waals surface area contributed by atoms with Gasteiger partial charge in [0.2, 0.25) is 0 Å². The maximum atomic E-state index is 4.54. The van der Waals surface area contributed by atoms with E-state index in [0.717, 1.165) is 29.1 Å². The van der Waals surface area contributed by atoms with Crippen molar-refractivity contribution in [3.05, 3.63) is 34.7 Å². The fourth-order valence-electron chi connectivity index (χ4n) is 3.26. The molecule has 0 saturated heterocycles. The summed E-state index contributed by atoms with van der Waals surface area (Å²) in [6.07, 6.45) is 5.57. The van der Waals surface area contributed by atoms with Crippen LogP contribution in [0, 0.1) is 18.8 Å². The van der Waals surface area contributed by atoms with Gasteiger partial charge in [0.1, 0.15) is 0 Å². The van der Waals surface area contributed by atoms with Crippen molar-refractivity contribution in [2.75, 3.05) is 11.9 Å². The van der Waals surface area contributed by atoms with Crippen molar-refractivity contribution in [1.29, 1.82) is 0 Å². The number of benzene rings is 1. The topological polar surface area (TPSA) is 24.9 Å². The Morgan fingerprint density at radius 2 is 2.05 bits per heavy atom. The number of nitrogens with zero attached hydrogens (tertiary/aromatic N) is 1. The molecule has 21 heavy (non-hydrogen) atoms. The second kappa shape index (κ2) is 6.61. The molecule has 0 radical (unpaired) electrons. The lowest BCUT2D eigenvalue weighted by atomic mass is 9.82. The Kier molecular flexibility index (Phi) is 4.59. The van der Waals surface area contributed by atoms with Crippen LogP contribution in [0.1, 0.15) is 37.6 Å². The summed E-state index contributed by atoms with van der Waals surface area (Å²) in [5, 5.41) is 6.85. The maximum absolute atomic E-state index is 4.54. The van der Waals surface area contributed by atoms with E-state index >= 15 is 0 Å². The van der Waals surface area contributed by atoms with Crippen LogP contribution in [0.5, 0.6) is 0 Å². The summed E-state index contributed by atoms with van der Waals surface area (Å²) in [6, 6.07) is 8.69. The van der Waals surface area contributed by atoms with E-state index in [4.69, 9.17) is 0 Å². The Morgan fingerprint density at radius 3 is 2.71 bits per heavy atom. The standard InChI is InChI=1S/C18H24N2S/c1-13-4-3-5-15(10-13)11-19-17-8-6-16(7-9-17)18-12-21-14(2)20-18/h6-9,12-13,15,19H,3-5,10-11H2,1-2H3. The van der Waals surface area contributed by atoms with Gasteiger partial charge in [-0.25, -0.2) is 4.98 Å². The molecule has 3 heteroatoms. The van der Waals surface area contributed by atoms with Crippen molar-refractivity contribution in [3.63, 3.8) is 0 Å². The van der Waals surface area contributed by atoms with E-state index in [1.165, 1.54) is 36.9 Å². The van der Waals surface area contributed by atoms with E-state index in [-0.39, 0.29) is 0 Å². The van der Waals surface area contributed by atoms with Crippen molar-refractivity contribution in [1.82, 2.24) is 4.98 Å². The number of hydrogen-bond acceptors (Lipinski definition) is 3.